The van der Waals surface area contributed by atoms with E-state index in [0.717, 1.165) is 0 Å². The molecule has 17 heavy (non-hydrogen) atoms. The predicted octanol–water partition coefficient (Wildman–Crippen LogP) is -7.51. The Morgan fingerprint density at radius 2 is 0.647 bits per heavy atom. The van der Waals surface area contributed by atoms with E-state index in [-0.39, 0.29) is 43.5 Å². The Morgan fingerprint density at radius 1 is 0.588 bits per heavy atom. The Kier molecular flexibility index (Phi) is 133. The van der Waals surface area contributed by atoms with Crippen LogP contribution in [0.25, 0.3) is 0 Å². The molecule has 6 nitrogen and oxygen atoms in total. The molecule has 0 aromatic carbocycles. The van der Waals surface area contributed by atoms with Crippen LogP contribution in [0.4, 0.5) is 0 Å². The molecule has 0 aliphatic rings. The van der Waals surface area contributed by atoms with Gasteiger partial charge in [0.2, 0.25) is 0 Å². The minimum atomic E-state index is 0. The van der Waals surface area contributed by atoms with Gasteiger partial charge in [-0.2, -0.15) is 0 Å². The maximum atomic E-state index is 4.90. The van der Waals surface area contributed by atoms with Crippen molar-refractivity contribution in [3.05, 3.63) is 0 Å². The number of nitrogens with two attached hydrogens (primary N) is 6. The quantitative estimate of drug-likeness (QED) is 0.124. The molecule has 11 heteroatoms. The molecular weight excluding hydrogens is 729 g/mol. The molecule has 0 saturated carbocycles. The molecule has 0 aromatic heterocycles. The zero-order valence-electron chi connectivity index (χ0n) is 9.93. The molecule has 0 aromatic rings. The van der Waals surface area contributed by atoms with Gasteiger partial charge < -0.3 is 58.4 Å². The minimum Gasteiger partial charge on any atom is -1.00 e. The van der Waals surface area contributed by atoms with Crippen molar-refractivity contribution < 1.29 is 56.7 Å². The molecule has 0 amide bonds. The third kappa shape index (κ3) is 145. The Hall–Kier alpha value is 3.30. The van der Waals surface area contributed by atoms with Gasteiger partial charge in [-0.05, 0) is 0 Å². The maximum absolute atomic E-state index is 4.90. The number of hydrogen-bond donors (Lipinski definition) is 6. The minimum absolute atomic E-state index is 0. The number of halogens is 4. The largest absolute Gasteiger partial charge is 2.00 e. The average molecular weight is 753 g/mol. The Labute approximate surface area is 165 Å². The van der Waals surface area contributed by atoms with E-state index in [1.807, 2.05) is 0 Å². The van der Waals surface area contributed by atoms with Crippen molar-refractivity contribution in [1.29, 1.82) is 0 Å². The first-order chi connectivity index (χ1) is 7.16. The van der Waals surface area contributed by atoms with Crippen LogP contribution in [0.1, 0.15) is 0 Å². The summed E-state index contributed by atoms with van der Waals surface area (Å²) in [6, 6.07) is 0. The van der Waals surface area contributed by atoms with Crippen molar-refractivity contribution in [2.24, 2.45) is 34.4 Å². The molecule has 0 spiro atoms. The first-order valence-corrected chi connectivity index (χ1v) is 16.8. The Morgan fingerprint density at radius 3 is 0.647 bits per heavy atom. The van der Waals surface area contributed by atoms with Crippen LogP contribution in [0.2, 0.25) is 0 Å². The van der Waals surface area contributed by atoms with Gasteiger partial charge in [0, 0.05) is 39.3 Å². The summed E-state index contributed by atoms with van der Waals surface area (Å²) in [5.41, 5.74) is 29.4. The summed E-state index contributed by atoms with van der Waals surface area (Å²) in [5.74, 6) is 0. The molecule has 0 heterocycles. The SMILES string of the molecule is I[I-]I.NCCN.NCCN.NCCN.[I-].[Zn+2]. The van der Waals surface area contributed by atoms with E-state index < -0.39 is 0 Å². The van der Waals surface area contributed by atoms with Crippen molar-refractivity contribution in [1.82, 2.24) is 0 Å². The van der Waals surface area contributed by atoms with Crippen LogP contribution in [0.3, 0.4) is 0 Å². The predicted molar refractivity (Wildman–Crippen MR) is 82.4 cm³/mol. The van der Waals surface area contributed by atoms with Crippen LogP contribution >= 0.6 is 37.2 Å². The third-order valence-corrected chi connectivity index (χ3v) is 0.500. The molecular formula is C6H24I4N6Zn. The van der Waals surface area contributed by atoms with Gasteiger partial charge in [0.05, 0.1) is 0 Å². The number of rotatable bonds is 3. The van der Waals surface area contributed by atoms with E-state index in [4.69, 9.17) is 34.4 Å². The van der Waals surface area contributed by atoms with Gasteiger partial charge in [0.15, 0.2) is 0 Å². The van der Waals surface area contributed by atoms with Crippen molar-refractivity contribution in [2.75, 3.05) is 39.3 Å². The molecule has 0 saturated heterocycles. The molecule has 0 unspecified atom stereocenters. The van der Waals surface area contributed by atoms with Gasteiger partial charge in [0.1, 0.15) is 0 Å². The summed E-state index contributed by atoms with van der Waals surface area (Å²) in [4.78, 5) is 0. The fourth-order valence-electron chi connectivity index (χ4n) is 0. The Balaban J connectivity index is -0.0000000230. The topological polar surface area (TPSA) is 156 Å². The normalized spacial score (nSPS) is 6.59. The number of hydrogen-bond acceptors (Lipinski definition) is 6. The van der Waals surface area contributed by atoms with E-state index >= 15 is 0 Å². The smallest absolute Gasteiger partial charge is 1.00 e. The monoisotopic (exact) mass is 752 g/mol. The molecule has 0 radical (unpaired) electrons. The summed E-state index contributed by atoms with van der Waals surface area (Å²) in [7, 11) is 0. The van der Waals surface area contributed by atoms with E-state index in [1.165, 1.54) is 0 Å². The van der Waals surface area contributed by atoms with Crippen molar-refractivity contribution in [3.63, 3.8) is 0 Å². The van der Waals surface area contributed by atoms with E-state index in [2.05, 4.69) is 37.2 Å². The van der Waals surface area contributed by atoms with Crippen LogP contribution in [0.15, 0.2) is 0 Å². The first-order valence-electron chi connectivity index (χ1n) is 4.24. The van der Waals surface area contributed by atoms with Gasteiger partial charge in [-0.25, -0.2) is 0 Å². The molecule has 0 aliphatic heterocycles. The maximum Gasteiger partial charge on any atom is 2.00 e. The zero-order chi connectivity index (χ0) is 12.9. The second kappa shape index (κ2) is 60.9. The van der Waals surface area contributed by atoms with E-state index in [0.29, 0.717) is 52.5 Å². The fourth-order valence-corrected chi connectivity index (χ4v) is 0. The van der Waals surface area contributed by atoms with E-state index in [9.17, 15) is 0 Å². The van der Waals surface area contributed by atoms with Gasteiger partial charge in [-0.1, -0.05) is 0 Å². The molecule has 0 atom stereocenters. The van der Waals surface area contributed by atoms with Crippen molar-refractivity contribution in [2.45, 2.75) is 0 Å². The molecule has 0 rings (SSSR count). The van der Waals surface area contributed by atoms with Crippen LogP contribution < -0.4 is 71.6 Å². The second-order valence-corrected chi connectivity index (χ2v) is 18.0. The van der Waals surface area contributed by atoms with E-state index in [1.54, 1.807) is 0 Å². The average Bonchev–Trinajstić information content (AvgIpc) is 2.30. The molecule has 0 fully saturated rings. The summed E-state index contributed by atoms with van der Waals surface area (Å²) >= 11 is 5.30. The first kappa shape index (κ1) is 37.0. The molecule has 12 N–H and O–H groups in total. The van der Waals surface area contributed by atoms with Gasteiger partial charge in [-0.3, -0.25) is 0 Å². The standard InChI is InChI=1S/3C2H8N2.I3.HI.Zn/c3*3-1-2-4;1-3-2;;/h3*1-4H2;;1H;/q;;;-1;;+2/p-1. The summed E-state index contributed by atoms with van der Waals surface area (Å²) in [5, 5.41) is 0. The second-order valence-electron chi connectivity index (χ2n) is 1.79. The van der Waals surface area contributed by atoms with Crippen LogP contribution in [-0.2, 0) is 19.5 Å². The summed E-state index contributed by atoms with van der Waals surface area (Å²) in [6.07, 6.45) is 0. The van der Waals surface area contributed by atoms with Crippen LogP contribution in [0, 0.1) is 0 Å². The summed E-state index contributed by atoms with van der Waals surface area (Å²) < 4.78 is 0. The van der Waals surface area contributed by atoms with Gasteiger partial charge >= 0.3 is 70.0 Å². The molecule has 0 bridgehead atoms. The van der Waals surface area contributed by atoms with Crippen LogP contribution in [0.5, 0.6) is 0 Å². The Bertz CT molecular complexity index is 54.3. The van der Waals surface area contributed by atoms with Gasteiger partial charge in [0.25, 0.3) is 0 Å². The molecule has 0 aliphatic carbocycles. The summed E-state index contributed by atoms with van der Waals surface area (Å²) in [6.45, 7) is 3.58. The van der Waals surface area contributed by atoms with Crippen molar-refractivity contribution >= 4 is 37.2 Å². The van der Waals surface area contributed by atoms with Crippen LogP contribution in [-0.4, -0.2) is 39.3 Å². The molecule has 108 valence electrons. The van der Waals surface area contributed by atoms with Gasteiger partial charge in [-0.15, -0.1) is 0 Å². The van der Waals surface area contributed by atoms with Crippen molar-refractivity contribution in [3.8, 4) is 0 Å². The fraction of sp³-hybridized carbons (Fsp3) is 1.00. The zero-order valence-corrected chi connectivity index (χ0v) is 21.5. The third-order valence-electron chi connectivity index (χ3n) is 0.500.